The Kier molecular flexibility index (Phi) is 3.57. The van der Waals surface area contributed by atoms with Gasteiger partial charge in [-0.2, -0.15) is 15.6 Å². The first-order chi connectivity index (χ1) is 11.6. The normalized spacial score (nSPS) is 32.7. The Bertz CT molecular complexity index is 727. The number of aryl methyl sites for hydroxylation is 1. The molecular weight excluding hydrogens is 296 g/mol. The summed E-state index contributed by atoms with van der Waals surface area (Å²) >= 11 is 0. The highest BCUT2D eigenvalue weighted by Gasteiger charge is 2.51. The van der Waals surface area contributed by atoms with Crippen molar-refractivity contribution < 1.29 is 0 Å². The zero-order chi connectivity index (χ0) is 16.7. The SMILES string of the molecule is Cc1ccc(C23CC4CC(CC(C4)C2)C3)cc1NN=C(C#N)C#N. The van der Waals surface area contributed by atoms with Crippen LogP contribution in [0.1, 0.15) is 49.7 Å². The Morgan fingerprint density at radius 2 is 1.67 bits per heavy atom. The molecule has 1 N–H and O–H groups in total. The van der Waals surface area contributed by atoms with Crippen molar-refractivity contribution in [2.45, 2.75) is 50.9 Å². The lowest BCUT2D eigenvalue weighted by Gasteiger charge is -2.57. The first-order valence-corrected chi connectivity index (χ1v) is 8.87. The Balaban J connectivity index is 1.65. The van der Waals surface area contributed by atoms with Gasteiger partial charge >= 0.3 is 0 Å². The van der Waals surface area contributed by atoms with Gasteiger partial charge in [0, 0.05) is 0 Å². The highest BCUT2D eigenvalue weighted by molar-refractivity contribution is 6.10. The molecule has 0 unspecified atom stereocenters. The van der Waals surface area contributed by atoms with Gasteiger partial charge in [0.2, 0.25) is 5.71 Å². The van der Waals surface area contributed by atoms with Crippen LogP contribution in [-0.4, -0.2) is 5.71 Å². The molecule has 0 aromatic heterocycles. The molecule has 4 saturated carbocycles. The lowest BCUT2D eigenvalue weighted by Crippen LogP contribution is -2.48. The third-order valence-electron chi connectivity index (χ3n) is 6.39. The van der Waals surface area contributed by atoms with Crippen molar-refractivity contribution in [1.82, 2.24) is 0 Å². The van der Waals surface area contributed by atoms with Crippen LogP contribution in [0, 0.1) is 47.3 Å². The number of nitrogens with zero attached hydrogens (tertiary/aromatic N) is 3. The Hall–Kier alpha value is -2.33. The van der Waals surface area contributed by atoms with Gasteiger partial charge in [0.25, 0.3) is 0 Å². The number of anilines is 1. The van der Waals surface area contributed by atoms with Crippen LogP contribution in [-0.2, 0) is 5.41 Å². The van der Waals surface area contributed by atoms with Gasteiger partial charge in [0.1, 0.15) is 12.1 Å². The van der Waals surface area contributed by atoms with E-state index in [1.165, 1.54) is 44.1 Å². The van der Waals surface area contributed by atoms with Crippen LogP contribution in [0.3, 0.4) is 0 Å². The molecule has 0 radical (unpaired) electrons. The van der Waals surface area contributed by atoms with Crippen molar-refractivity contribution >= 4 is 11.4 Å². The summed E-state index contributed by atoms with van der Waals surface area (Å²) in [6.45, 7) is 2.03. The van der Waals surface area contributed by atoms with Gasteiger partial charge in [-0.15, -0.1) is 0 Å². The number of hydrazone groups is 1. The first kappa shape index (κ1) is 15.2. The molecule has 4 aliphatic carbocycles. The molecule has 1 aromatic rings. The van der Waals surface area contributed by atoms with Gasteiger partial charge in [-0.05, 0) is 85.8 Å². The Labute approximate surface area is 143 Å². The van der Waals surface area contributed by atoms with Crippen molar-refractivity contribution in [2.24, 2.45) is 22.9 Å². The summed E-state index contributed by atoms with van der Waals surface area (Å²) in [4.78, 5) is 0. The van der Waals surface area contributed by atoms with Gasteiger partial charge in [-0.1, -0.05) is 12.1 Å². The van der Waals surface area contributed by atoms with Gasteiger partial charge in [0.05, 0.1) is 5.69 Å². The maximum Gasteiger partial charge on any atom is 0.237 e. The molecule has 1 aromatic carbocycles. The Morgan fingerprint density at radius 3 is 2.21 bits per heavy atom. The maximum atomic E-state index is 8.84. The lowest BCUT2D eigenvalue weighted by molar-refractivity contribution is -0.00516. The van der Waals surface area contributed by atoms with Crippen LogP contribution < -0.4 is 5.43 Å². The quantitative estimate of drug-likeness (QED) is 0.668. The number of nitriles is 2. The zero-order valence-corrected chi connectivity index (χ0v) is 14.0. The fraction of sp³-hybridized carbons (Fsp3) is 0.550. The third-order valence-corrected chi connectivity index (χ3v) is 6.39. The van der Waals surface area contributed by atoms with E-state index in [2.05, 4.69) is 28.7 Å². The summed E-state index contributed by atoms with van der Waals surface area (Å²) in [5.74, 6) is 2.74. The lowest BCUT2D eigenvalue weighted by atomic mass is 9.48. The van der Waals surface area contributed by atoms with E-state index < -0.39 is 0 Å². The number of hydrogen-bond donors (Lipinski definition) is 1. The monoisotopic (exact) mass is 318 g/mol. The second-order valence-electron chi connectivity index (χ2n) is 8.02. The molecule has 5 rings (SSSR count). The molecule has 122 valence electrons. The molecule has 4 heteroatoms. The summed E-state index contributed by atoms with van der Waals surface area (Å²) < 4.78 is 0. The van der Waals surface area contributed by atoms with E-state index in [-0.39, 0.29) is 5.71 Å². The molecule has 4 aliphatic rings. The average molecular weight is 318 g/mol. The van der Waals surface area contributed by atoms with Crippen molar-refractivity contribution in [3.05, 3.63) is 29.3 Å². The second kappa shape index (κ2) is 5.64. The van der Waals surface area contributed by atoms with Crippen LogP contribution in [0.15, 0.2) is 23.3 Å². The minimum absolute atomic E-state index is 0.144. The average Bonchev–Trinajstić information content (AvgIpc) is 2.56. The predicted molar refractivity (Wildman–Crippen MR) is 93.3 cm³/mol. The molecule has 0 heterocycles. The largest absolute Gasteiger partial charge is 0.276 e. The highest BCUT2D eigenvalue weighted by atomic mass is 15.3. The molecule has 0 saturated heterocycles. The van der Waals surface area contributed by atoms with E-state index in [4.69, 9.17) is 10.5 Å². The van der Waals surface area contributed by atoms with Crippen LogP contribution in [0.2, 0.25) is 0 Å². The van der Waals surface area contributed by atoms with Crippen LogP contribution in [0.4, 0.5) is 5.69 Å². The molecule has 24 heavy (non-hydrogen) atoms. The third kappa shape index (κ3) is 2.47. The summed E-state index contributed by atoms with van der Waals surface area (Å²) in [5.41, 5.74) is 6.54. The van der Waals surface area contributed by atoms with Gasteiger partial charge < -0.3 is 0 Å². The first-order valence-electron chi connectivity index (χ1n) is 8.87. The fourth-order valence-corrected chi connectivity index (χ4v) is 5.73. The second-order valence-corrected chi connectivity index (χ2v) is 8.02. The van der Waals surface area contributed by atoms with Gasteiger partial charge in [0.15, 0.2) is 0 Å². The zero-order valence-electron chi connectivity index (χ0n) is 14.0. The van der Waals surface area contributed by atoms with Gasteiger partial charge in [-0.3, -0.25) is 5.43 Å². The van der Waals surface area contributed by atoms with Crippen LogP contribution in [0.25, 0.3) is 0 Å². The summed E-state index contributed by atoms with van der Waals surface area (Å²) in [7, 11) is 0. The highest BCUT2D eigenvalue weighted by Crippen LogP contribution is 2.60. The number of nitrogens with one attached hydrogen (secondary N) is 1. The Morgan fingerprint density at radius 1 is 1.08 bits per heavy atom. The van der Waals surface area contributed by atoms with Crippen molar-refractivity contribution in [2.75, 3.05) is 5.43 Å². The standard InChI is InChI=1S/C20H22N4/c1-13-2-3-17(7-19(13)24-23-18(11-21)12-22)20-8-14-4-15(9-20)6-16(5-14)10-20/h2-3,7,14-16,24H,4-6,8-10H2,1H3. The van der Waals surface area contributed by atoms with E-state index >= 15 is 0 Å². The van der Waals surface area contributed by atoms with E-state index in [9.17, 15) is 0 Å². The fourth-order valence-electron chi connectivity index (χ4n) is 5.73. The van der Waals surface area contributed by atoms with E-state index in [1.807, 2.05) is 6.92 Å². The van der Waals surface area contributed by atoms with E-state index in [1.54, 1.807) is 12.1 Å². The molecule has 0 amide bonds. The van der Waals surface area contributed by atoms with E-state index in [0.29, 0.717) is 5.41 Å². The molecule has 0 spiro atoms. The number of rotatable bonds is 3. The molecule has 0 aliphatic heterocycles. The van der Waals surface area contributed by atoms with Gasteiger partial charge in [-0.25, -0.2) is 0 Å². The minimum Gasteiger partial charge on any atom is -0.276 e. The van der Waals surface area contributed by atoms with Crippen molar-refractivity contribution in [1.29, 1.82) is 10.5 Å². The molecule has 4 bridgehead atoms. The van der Waals surface area contributed by atoms with Crippen LogP contribution >= 0.6 is 0 Å². The summed E-state index contributed by atoms with van der Waals surface area (Å²) in [5, 5.41) is 21.6. The minimum atomic E-state index is -0.144. The number of benzene rings is 1. The maximum absolute atomic E-state index is 8.84. The molecular formula is C20H22N4. The summed E-state index contributed by atoms with van der Waals surface area (Å²) in [6, 6.07) is 10.2. The van der Waals surface area contributed by atoms with Crippen molar-refractivity contribution in [3.8, 4) is 12.1 Å². The van der Waals surface area contributed by atoms with Crippen molar-refractivity contribution in [3.63, 3.8) is 0 Å². The number of hydrogen-bond acceptors (Lipinski definition) is 4. The van der Waals surface area contributed by atoms with Crippen LogP contribution in [0.5, 0.6) is 0 Å². The molecule has 4 nitrogen and oxygen atoms in total. The smallest absolute Gasteiger partial charge is 0.237 e. The topological polar surface area (TPSA) is 72.0 Å². The summed E-state index contributed by atoms with van der Waals surface area (Å²) in [6.07, 6.45) is 8.29. The van der Waals surface area contributed by atoms with E-state index in [0.717, 1.165) is 29.0 Å². The molecule has 4 fully saturated rings. The molecule has 0 atom stereocenters. The predicted octanol–water partition coefficient (Wildman–Crippen LogP) is 4.28.